The molecule has 0 unspecified atom stereocenters. The SMILES string of the molecule is N/N=C(/N)c1ccc(Br)cc1Br. The molecule has 0 heterocycles. The normalized spacial score (nSPS) is 11.7. The number of nitrogens with zero attached hydrogens (tertiary/aromatic N) is 1. The fourth-order valence-corrected chi connectivity index (χ4v) is 2.02. The van der Waals surface area contributed by atoms with Crippen LogP contribution in [0.2, 0.25) is 0 Å². The van der Waals surface area contributed by atoms with Gasteiger partial charge >= 0.3 is 0 Å². The van der Waals surface area contributed by atoms with E-state index >= 15 is 0 Å². The highest BCUT2D eigenvalue weighted by molar-refractivity contribution is 9.11. The fraction of sp³-hybridized carbons (Fsp3) is 0. The second-order valence-electron chi connectivity index (χ2n) is 2.14. The second kappa shape index (κ2) is 3.91. The van der Waals surface area contributed by atoms with Gasteiger partial charge in [0.25, 0.3) is 0 Å². The van der Waals surface area contributed by atoms with Gasteiger partial charge < -0.3 is 11.6 Å². The molecule has 0 atom stereocenters. The first kappa shape index (κ1) is 9.54. The van der Waals surface area contributed by atoms with Crippen LogP contribution in [-0.2, 0) is 0 Å². The van der Waals surface area contributed by atoms with Gasteiger partial charge in [-0.1, -0.05) is 15.9 Å². The van der Waals surface area contributed by atoms with Gasteiger partial charge in [0.2, 0.25) is 0 Å². The maximum absolute atomic E-state index is 5.52. The summed E-state index contributed by atoms with van der Waals surface area (Å²) in [5, 5.41) is 3.40. The zero-order valence-electron chi connectivity index (χ0n) is 6.09. The average Bonchev–Trinajstić information content (AvgIpc) is 2.03. The summed E-state index contributed by atoms with van der Waals surface area (Å²) in [6, 6.07) is 5.59. The van der Waals surface area contributed by atoms with Crippen molar-refractivity contribution in [2.75, 3.05) is 0 Å². The third kappa shape index (κ3) is 1.98. The van der Waals surface area contributed by atoms with Crippen LogP contribution in [0.4, 0.5) is 0 Å². The molecule has 0 amide bonds. The van der Waals surface area contributed by atoms with E-state index in [-0.39, 0.29) is 0 Å². The van der Waals surface area contributed by atoms with E-state index in [1.807, 2.05) is 18.2 Å². The van der Waals surface area contributed by atoms with E-state index in [1.54, 1.807) is 0 Å². The first-order chi connectivity index (χ1) is 5.65. The summed E-state index contributed by atoms with van der Waals surface area (Å²) in [5.74, 6) is 5.36. The Hall–Kier alpha value is -0.550. The van der Waals surface area contributed by atoms with E-state index in [0.29, 0.717) is 5.84 Å². The minimum Gasteiger partial charge on any atom is -0.382 e. The van der Waals surface area contributed by atoms with Crippen LogP contribution in [-0.4, -0.2) is 5.84 Å². The third-order valence-corrected chi connectivity index (χ3v) is 2.50. The largest absolute Gasteiger partial charge is 0.382 e. The third-order valence-electron chi connectivity index (χ3n) is 1.35. The second-order valence-corrected chi connectivity index (χ2v) is 3.91. The lowest BCUT2D eigenvalue weighted by Crippen LogP contribution is -2.15. The zero-order valence-corrected chi connectivity index (χ0v) is 9.26. The van der Waals surface area contributed by atoms with Crippen LogP contribution in [0.1, 0.15) is 5.56 Å². The molecule has 4 N–H and O–H groups in total. The summed E-state index contributed by atoms with van der Waals surface area (Å²) in [5.41, 5.74) is 6.32. The molecule has 1 aromatic carbocycles. The summed E-state index contributed by atoms with van der Waals surface area (Å²) in [6.45, 7) is 0. The molecule has 1 aromatic rings. The van der Waals surface area contributed by atoms with E-state index in [0.717, 1.165) is 14.5 Å². The van der Waals surface area contributed by atoms with Crippen molar-refractivity contribution >= 4 is 37.7 Å². The Morgan fingerprint density at radius 2 is 2.00 bits per heavy atom. The molecule has 3 nitrogen and oxygen atoms in total. The predicted molar refractivity (Wildman–Crippen MR) is 56.8 cm³/mol. The molecule has 5 heteroatoms. The number of benzene rings is 1. The highest BCUT2D eigenvalue weighted by Crippen LogP contribution is 2.21. The average molecular weight is 293 g/mol. The Balaban J connectivity index is 3.18. The van der Waals surface area contributed by atoms with Gasteiger partial charge in [-0.25, -0.2) is 0 Å². The van der Waals surface area contributed by atoms with Crippen LogP contribution in [0.3, 0.4) is 0 Å². The van der Waals surface area contributed by atoms with Crippen molar-refractivity contribution in [2.24, 2.45) is 16.7 Å². The molecule has 0 aliphatic heterocycles. The molecule has 0 fully saturated rings. The monoisotopic (exact) mass is 291 g/mol. The molecule has 0 aliphatic carbocycles. The van der Waals surface area contributed by atoms with Gasteiger partial charge in [0, 0.05) is 14.5 Å². The number of rotatable bonds is 1. The number of nitrogens with two attached hydrogens (primary N) is 2. The zero-order chi connectivity index (χ0) is 9.14. The molecule has 12 heavy (non-hydrogen) atoms. The molecule has 0 saturated heterocycles. The molecular formula is C7H7Br2N3. The van der Waals surface area contributed by atoms with Gasteiger partial charge in [0.05, 0.1) is 0 Å². The van der Waals surface area contributed by atoms with Gasteiger partial charge in [-0.05, 0) is 34.1 Å². The fourth-order valence-electron chi connectivity index (χ4n) is 0.767. The van der Waals surface area contributed by atoms with Crippen molar-refractivity contribution in [3.8, 4) is 0 Å². The lowest BCUT2D eigenvalue weighted by Gasteiger charge is -2.02. The highest BCUT2D eigenvalue weighted by atomic mass is 79.9. The number of hydrogen-bond donors (Lipinski definition) is 2. The number of hydrogen-bond acceptors (Lipinski definition) is 2. The van der Waals surface area contributed by atoms with Crippen molar-refractivity contribution in [3.63, 3.8) is 0 Å². The lowest BCUT2D eigenvalue weighted by atomic mass is 10.2. The number of halogens is 2. The van der Waals surface area contributed by atoms with Gasteiger partial charge in [-0.2, -0.15) is 5.10 Å². The first-order valence-corrected chi connectivity index (χ1v) is 4.72. The van der Waals surface area contributed by atoms with Crippen molar-refractivity contribution in [1.82, 2.24) is 0 Å². The lowest BCUT2D eigenvalue weighted by molar-refractivity contribution is 1.23. The molecule has 0 aliphatic rings. The minimum absolute atomic E-state index is 0.314. The molecule has 0 spiro atoms. The van der Waals surface area contributed by atoms with Gasteiger partial charge in [-0.15, -0.1) is 0 Å². The topological polar surface area (TPSA) is 64.4 Å². The van der Waals surface area contributed by atoms with Crippen LogP contribution in [0.25, 0.3) is 0 Å². The maximum Gasteiger partial charge on any atom is 0.151 e. The van der Waals surface area contributed by atoms with Crippen LogP contribution >= 0.6 is 31.9 Å². The van der Waals surface area contributed by atoms with Crippen LogP contribution in [0.15, 0.2) is 32.2 Å². The molecule has 1 rings (SSSR count). The van der Waals surface area contributed by atoms with Crippen molar-refractivity contribution in [1.29, 1.82) is 0 Å². The van der Waals surface area contributed by atoms with Crippen molar-refractivity contribution in [3.05, 3.63) is 32.7 Å². The smallest absolute Gasteiger partial charge is 0.151 e. The van der Waals surface area contributed by atoms with Crippen molar-refractivity contribution in [2.45, 2.75) is 0 Å². The summed E-state index contributed by atoms with van der Waals surface area (Å²) in [4.78, 5) is 0. The summed E-state index contributed by atoms with van der Waals surface area (Å²) in [6.07, 6.45) is 0. The maximum atomic E-state index is 5.52. The van der Waals surface area contributed by atoms with Crippen LogP contribution < -0.4 is 11.6 Å². The highest BCUT2D eigenvalue weighted by Gasteiger charge is 2.03. The first-order valence-electron chi connectivity index (χ1n) is 3.14. The molecule has 0 bridgehead atoms. The van der Waals surface area contributed by atoms with E-state index < -0.39 is 0 Å². The minimum atomic E-state index is 0.314. The van der Waals surface area contributed by atoms with E-state index in [4.69, 9.17) is 11.6 Å². The van der Waals surface area contributed by atoms with Gasteiger partial charge in [-0.3, -0.25) is 0 Å². The predicted octanol–water partition coefficient (Wildman–Crippen LogP) is 1.79. The standard InChI is InChI=1S/C7H7Br2N3/c8-4-1-2-5(6(9)3-4)7(10)12-11/h1-3H,11H2,(H2,10,12). The van der Waals surface area contributed by atoms with Crippen LogP contribution in [0, 0.1) is 0 Å². The van der Waals surface area contributed by atoms with Gasteiger partial charge in [0.15, 0.2) is 5.84 Å². The van der Waals surface area contributed by atoms with E-state index in [2.05, 4.69) is 37.0 Å². The Labute approximate surface area is 87.1 Å². The van der Waals surface area contributed by atoms with Gasteiger partial charge in [0.1, 0.15) is 0 Å². The van der Waals surface area contributed by atoms with Crippen molar-refractivity contribution < 1.29 is 0 Å². The summed E-state index contributed by atoms with van der Waals surface area (Å²) >= 11 is 6.67. The summed E-state index contributed by atoms with van der Waals surface area (Å²) in [7, 11) is 0. The molecule has 0 saturated carbocycles. The molecule has 0 aromatic heterocycles. The molecular weight excluding hydrogens is 286 g/mol. The Morgan fingerprint density at radius 1 is 1.33 bits per heavy atom. The quantitative estimate of drug-likeness (QED) is 0.359. The van der Waals surface area contributed by atoms with E-state index in [1.165, 1.54) is 0 Å². The molecule has 0 radical (unpaired) electrons. The number of amidine groups is 1. The Morgan fingerprint density at radius 3 is 2.50 bits per heavy atom. The Kier molecular flexibility index (Phi) is 3.11. The molecule has 64 valence electrons. The number of hydrazone groups is 1. The summed E-state index contributed by atoms with van der Waals surface area (Å²) < 4.78 is 1.84. The van der Waals surface area contributed by atoms with Crippen LogP contribution in [0.5, 0.6) is 0 Å². The Bertz CT molecular complexity index is 322. The van der Waals surface area contributed by atoms with E-state index in [9.17, 15) is 0 Å².